The molecule has 1 heterocycles. The number of hydrogen-bond acceptors (Lipinski definition) is 3. The molecule has 100 valence electrons. The summed E-state index contributed by atoms with van der Waals surface area (Å²) in [6.07, 6.45) is -2.94. The summed E-state index contributed by atoms with van der Waals surface area (Å²) >= 11 is 2.01. The average Bonchev–Trinajstić information content (AvgIpc) is 2.38. The van der Waals surface area contributed by atoms with E-state index in [9.17, 15) is 13.2 Å². The molecule has 2 rings (SSSR count). The van der Waals surface area contributed by atoms with Crippen molar-refractivity contribution in [2.75, 3.05) is 12.4 Å². The third kappa shape index (κ3) is 2.96. The number of aromatic nitrogens is 2. The van der Waals surface area contributed by atoms with Crippen molar-refractivity contribution in [2.24, 2.45) is 0 Å². The first kappa shape index (κ1) is 14.0. The van der Waals surface area contributed by atoms with Gasteiger partial charge in [0.15, 0.2) is 5.82 Å². The molecule has 0 saturated heterocycles. The molecule has 0 aliphatic heterocycles. The molecule has 3 nitrogen and oxygen atoms in total. The highest BCUT2D eigenvalue weighted by atomic mass is 127. The molecule has 0 spiro atoms. The van der Waals surface area contributed by atoms with Gasteiger partial charge in [0.1, 0.15) is 5.82 Å². The third-order valence-electron chi connectivity index (χ3n) is 2.45. The monoisotopic (exact) mass is 379 g/mol. The molecule has 0 atom stereocenters. The topological polar surface area (TPSA) is 37.8 Å². The zero-order chi connectivity index (χ0) is 14.0. The zero-order valence-electron chi connectivity index (χ0n) is 9.79. The summed E-state index contributed by atoms with van der Waals surface area (Å²) < 4.78 is 39.5. The lowest BCUT2D eigenvalue weighted by atomic mass is 10.1. The van der Waals surface area contributed by atoms with Crippen molar-refractivity contribution in [1.29, 1.82) is 0 Å². The second kappa shape index (κ2) is 5.32. The minimum absolute atomic E-state index is 0.0251. The van der Waals surface area contributed by atoms with E-state index >= 15 is 0 Å². The molecule has 1 N–H and O–H groups in total. The van der Waals surface area contributed by atoms with Crippen molar-refractivity contribution in [3.8, 4) is 11.4 Å². The number of halogens is 4. The van der Waals surface area contributed by atoms with Gasteiger partial charge in [0.25, 0.3) is 0 Å². The summed E-state index contributed by atoms with van der Waals surface area (Å²) in [5.74, 6) is 0.556. The number of benzene rings is 1. The van der Waals surface area contributed by atoms with Crippen LogP contribution >= 0.6 is 22.6 Å². The Bertz CT molecular complexity index is 599. The van der Waals surface area contributed by atoms with Crippen LogP contribution in [0.15, 0.2) is 30.5 Å². The van der Waals surface area contributed by atoms with Crippen molar-refractivity contribution >= 4 is 28.4 Å². The zero-order valence-corrected chi connectivity index (χ0v) is 12.0. The molecule has 1 aromatic carbocycles. The summed E-state index contributed by atoms with van der Waals surface area (Å²) in [7, 11) is 1.66. The number of nitrogens with zero attached hydrogens (tertiary/aromatic N) is 2. The van der Waals surface area contributed by atoms with Gasteiger partial charge >= 0.3 is 6.18 Å². The first-order valence-electron chi connectivity index (χ1n) is 5.30. The SMILES string of the molecule is CNc1nc(-c2ccccc2C(F)(F)F)ncc1I. The van der Waals surface area contributed by atoms with Gasteiger partial charge in [0, 0.05) is 18.8 Å². The molecular formula is C12H9F3IN3. The van der Waals surface area contributed by atoms with Crippen molar-refractivity contribution in [3.05, 3.63) is 39.6 Å². The van der Waals surface area contributed by atoms with Gasteiger partial charge < -0.3 is 5.32 Å². The van der Waals surface area contributed by atoms with Crippen molar-refractivity contribution in [3.63, 3.8) is 0 Å². The molecule has 0 aliphatic rings. The Morgan fingerprint density at radius 3 is 2.53 bits per heavy atom. The first-order chi connectivity index (χ1) is 8.93. The van der Waals surface area contributed by atoms with E-state index in [4.69, 9.17) is 0 Å². The maximum Gasteiger partial charge on any atom is 0.417 e. The van der Waals surface area contributed by atoms with Crippen LogP contribution in [0.3, 0.4) is 0 Å². The lowest BCUT2D eigenvalue weighted by Gasteiger charge is -2.12. The predicted molar refractivity (Wildman–Crippen MR) is 74.7 cm³/mol. The number of alkyl halides is 3. The lowest BCUT2D eigenvalue weighted by Crippen LogP contribution is -2.08. The average molecular weight is 379 g/mol. The van der Waals surface area contributed by atoms with Crippen LogP contribution in [0, 0.1) is 3.57 Å². The minimum Gasteiger partial charge on any atom is -0.372 e. The minimum atomic E-state index is -4.43. The Labute approximate surface area is 121 Å². The van der Waals surface area contributed by atoms with E-state index in [1.165, 1.54) is 24.4 Å². The van der Waals surface area contributed by atoms with Crippen molar-refractivity contribution in [1.82, 2.24) is 9.97 Å². The highest BCUT2D eigenvalue weighted by Crippen LogP contribution is 2.36. The summed E-state index contributed by atoms with van der Waals surface area (Å²) in [6.45, 7) is 0. The largest absolute Gasteiger partial charge is 0.417 e. The van der Waals surface area contributed by atoms with E-state index in [2.05, 4.69) is 15.3 Å². The van der Waals surface area contributed by atoms with Gasteiger partial charge in [-0.3, -0.25) is 0 Å². The second-order valence-corrected chi connectivity index (χ2v) is 4.85. The van der Waals surface area contributed by atoms with Crippen LogP contribution in [0.1, 0.15) is 5.56 Å². The number of nitrogens with one attached hydrogen (secondary N) is 1. The number of hydrogen-bond donors (Lipinski definition) is 1. The van der Waals surface area contributed by atoms with Gasteiger partial charge in [-0.15, -0.1) is 0 Å². The quantitative estimate of drug-likeness (QED) is 0.807. The highest BCUT2D eigenvalue weighted by molar-refractivity contribution is 14.1. The molecule has 0 radical (unpaired) electrons. The molecule has 0 bridgehead atoms. The summed E-state index contributed by atoms with van der Waals surface area (Å²) in [5.41, 5.74) is -0.763. The number of rotatable bonds is 2. The molecule has 19 heavy (non-hydrogen) atoms. The Balaban J connectivity index is 2.59. The van der Waals surface area contributed by atoms with E-state index in [1.54, 1.807) is 7.05 Å². The molecular weight excluding hydrogens is 370 g/mol. The van der Waals surface area contributed by atoms with Crippen LogP contribution in [0.4, 0.5) is 19.0 Å². The Morgan fingerprint density at radius 1 is 1.21 bits per heavy atom. The van der Waals surface area contributed by atoms with Crippen LogP contribution in [-0.4, -0.2) is 17.0 Å². The predicted octanol–water partition coefficient (Wildman–Crippen LogP) is 3.81. The van der Waals surface area contributed by atoms with Crippen LogP contribution < -0.4 is 5.32 Å². The fraction of sp³-hybridized carbons (Fsp3) is 0.167. The molecule has 0 saturated carbocycles. The molecule has 0 aliphatic carbocycles. The van der Waals surface area contributed by atoms with Gasteiger partial charge in [-0.1, -0.05) is 18.2 Å². The molecule has 0 fully saturated rings. The fourth-order valence-corrected chi connectivity index (χ4v) is 2.13. The fourth-order valence-electron chi connectivity index (χ4n) is 1.60. The molecule has 1 aromatic heterocycles. The van der Waals surface area contributed by atoms with E-state index < -0.39 is 11.7 Å². The molecule has 2 aromatic rings. The summed E-state index contributed by atoms with van der Waals surface area (Å²) in [5, 5.41) is 2.82. The Kier molecular flexibility index (Phi) is 3.93. The van der Waals surface area contributed by atoms with Crippen LogP contribution in [0.2, 0.25) is 0 Å². The highest BCUT2D eigenvalue weighted by Gasteiger charge is 2.34. The maximum absolute atomic E-state index is 12.9. The van der Waals surface area contributed by atoms with Crippen molar-refractivity contribution < 1.29 is 13.2 Å². The van der Waals surface area contributed by atoms with Crippen molar-refractivity contribution in [2.45, 2.75) is 6.18 Å². The Morgan fingerprint density at radius 2 is 1.89 bits per heavy atom. The summed E-state index contributed by atoms with van der Waals surface area (Å²) in [6, 6.07) is 5.27. The van der Waals surface area contributed by atoms with Crippen LogP contribution in [-0.2, 0) is 6.18 Å². The van der Waals surface area contributed by atoms with E-state index in [0.29, 0.717) is 5.82 Å². The number of anilines is 1. The second-order valence-electron chi connectivity index (χ2n) is 3.68. The van der Waals surface area contributed by atoms with E-state index in [0.717, 1.165) is 9.64 Å². The lowest BCUT2D eigenvalue weighted by molar-refractivity contribution is -0.137. The third-order valence-corrected chi connectivity index (χ3v) is 3.24. The van der Waals surface area contributed by atoms with E-state index in [-0.39, 0.29) is 11.4 Å². The van der Waals surface area contributed by atoms with Crippen LogP contribution in [0.25, 0.3) is 11.4 Å². The molecule has 0 unspecified atom stereocenters. The molecule has 0 amide bonds. The Hall–Kier alpha value is -1.38. The standard InChI is InChI=1S/C12H9F3IN3/c1-17-11-9(16)6-18-10(19-11)7-4-2-3-5-8(7)12(13,14)15/h2-6H,1H3,(H,17,18,19). The van der Waals surface area contributed by atoms with Gasteiger partial charge in [-0.25, -0.2) is 9.97 Å². The first-order valence-corrected chi connectivity index (χ1v) is 6.38. The molecule has 7 heteroatoms. The van der Waals surface area contributed by atoms with Crippen LogP contribution in [0.5, 0.6) is 0 Å². The van der Waals surface area contributed by atoms with Gasteiger partial charge in [0.05, 0.1) is 9.13 Å². The van der Waals surface area contributed by atoms with Gasteiger partial charge in [-0.05, 0) is 28.7 Å². The smallest absolute Gasteiger partial charge is 0.372 e. The van der Waals surface area contributed by atoms with E-state index in [1.807, 2.05) is 22.6 Å². The van der Waals surface area contributed by atoms with Gasteiger partial charge in [-0.2, -0.15) is 13.2 Å². The normalized spacial score (nSPS) is 11.4. The van der Waals surface area contributed by atoms with Gasteiger partial charge in [0.2, 0.25) is 0 Å². The maximum atomic E-state index is 12.9. The summed E-state index contributed by atoms with van der Waals surface area (Å²) in [4.78, 5) is 8.08.